The minimum atomic E-state index is -2.93. The number of hydrogen-bond donors (Lipinski definition) is 1. The van der Waals surface area contributed by atoms with Crippen LogP contribution in [-0.4, -0.2) is 58.9 Å². The Bertz CT molecular complexity index is 221. The molecule has 5 nitrogen and oxygen atoms in total. The molecule has 1 rings (SSSR count). The molecule has 0 aromatic carbocycles. The van der Waals surface area contributed by atoms with Crippen molar-refractivity contribution in [3.8, 4) is 0 Å². The fraction of sp³-hybridized carbons (Fsp3) is 1.00. The molecule has 0 spiro atoms. The summed E-state index contributed by atoms with van der Waals surface area (Å²) in [6.45, 7) is 5.54. The number of nitrogens with zero attached hydrogens (tertiary/aromatic N) is 1. The zero-order valence-corrected chi connectivity index (χ0v) is 9.93. The topological polar surface area (TPSA) is 58.6 Å². The first-order valence-electron chi connectivity index (χ1n) is 4.67. The van der Waals surface area contributed by atoms with Gasteiger partial charge in [0.05, 0.1) is 6.26 Å². The number of sulfonamides is 1. The molecule has 0 saturated carbocycles. The second-order valence-electron chi connectivity index (χ2n) is 2.99. The van der Waals surface area contributed by atoms with E-state index in [0.29, 0.717) is 13.1 Å². The van der Waals surface area contributed by atoms with Crippen molar-refractivity contribution in [2.45, 2.75) is 6.92 Å². The first kappa shape index (κ1) is 13.8. The van der Waals surface area contributed by atoms with Crippen LogP contribution in [0, 0.1) is 0 Å². The average molecular weight is 224 g/mol. The number of hydrogen-bond acceptors (Lipinski definition) is 4. The third kappa shape index (κ3) is 6.31. The van der Waals surface area contributed by atoms with Crippen LogP contribution in [0.3, 0.4) is 0 Å². The largest absolute Gasteiger partial charge is 0.385 e. The SMILES string of the molecule is CCOC.CS(=O)(=O)N1CCNCC1. The van der Waals surface area contributed by atoms with Crippen molar-refractivity contribution < 1.29 is 13.2 Å². The highest BCUT2D eigenvalue weighted by molar-refractivity contribution is 7.88. The molecule has 6 heteroatoms. The summed E-state index contributed by atoms with van der Waals surface area (Å²) < 4.78 is 27.8. The lowest BCUT2D eigenvalue weighted by Crippen LogP contribution is -2.45. The van der Waals surface area contributed by atoms with E-state index in [1.807, 2.05) is 6.92 Å². The Kier molecular flexibility index (Phi) is 7.08. The van der Waals surface area contributed by atoms with E-state index in [-0.39, 0.29) is 0 Å². The third-order valence-corrected chi connectivity index (χ3v) is 3.14. The third-order valence-electron chi connectivity index (χ3n) is 1.83. The van der Waals surface area contributed by atoms with Crippen LogP contribution in [0.5, 0.6) is 0 Å². The van der Waals surface area contributed by atoms with E-state index in [1.165, 1.54) is 10.6 Å². The molecule has 0 aromatic rings. The Hall–Kier alpha value is -0.170. The minimum absolute atomic E-state index is 0.610. The van der Waals surface area contributed by atoms with Crippen molar-refractivity contribution in [3.63, 3.8) is 0 Å². The number of nitrogens with one attached hydrogen (secondary N) is 1. The lowest BCUT2D eigenvalue weighted by molar-refractivity contribution is 0.215. The fourth-order valence-corrected chi connectivity index (χ4v) is 1.82. The van der Waals surface area contributed by atoms with E-state index in [9.17, 15) is 8.42 Å². The predicted octanol–water partition coefficient (Wildman–Crippen LogP) is -0.496. The summed E-state index contributed by atoms with van der Waals surface area (Å²) in [5, 5.41) is 3.08. The summed E-state index contributed by atoms with van der Waals surface area (Å²) in [4.78, 5) is 0. The van der Waals surface area contributed by atoms with Gasteiger partial charge in [-0.25, -0.2) is 8.42 Å². The Balaban J connectivity index is 0.000000364. The normalized spacial score (nSPS) is 18.5. The van der Waals surface area contributed by atoms with Crippen LogP contribution in [0.25, 0.3) is 0 Å². The summed E-state index contributed by atoms with van der Waals surface area (Å²) in [5.41, 5.74) is 0. The van der Waals surface area contributed by atoms with Gasteiger partial charge in [0.1, 0.15) is 0 Å². The standard InChI is InChI=1S/C5H12N2O2S.C3H8O/c1-10(8,9)7-4-2-6-3-5-7;1-3-4-2/h6H,2-5H2,1H3;3H2,1-2H3. The zero-order valence-electron chi connectivity index (χ0n) is 9.12. The molecule has 0 amide bonds. The van der Waals surface area contributed by atoms with Crippen molar-refractivity contribution in [2.75, 3.05) is 46.2 Å². The molecule has 1 heterocycles. The number of methoxy groups -OCH3 is 1. The molecule has 0 unspecified atom stereocenters. The van der Waals surface area contributed by atoms with Crippen LogP contribution in [0.1, 0.15) is 6.92 Å². The second-order valence-corrected chi connectivity index (χ2v) is 4.97. The van der Waals surface area contributed by atoms with E-state index in [4.69, 9.17) is 0 Å². The van der Waals surface area contributed by atoms with E-state index >= 15 is 0 Å². The van der Waals surface area contributed by atoms with Gasteiger partial charge >= 0.3 is 0 Å². The van der Waals surface area contributed by atoms with Crippen LogP contribution in [0.15, 0.2) is 0 Å². The van der Waals surface area contributed by atoms with Gasteiger partial charge in [-0.05, 0) is 6.92 Å². The summed E-state index contributed by atoms with van der Waals surface area (Å²) in [6, 6.07) is 0. The summed E-state index contributed by atoms with van der Waals surface area (Å²) in [5.74, 6) is 0. The van der Waals surface area contributed by atoms with Gasteiger partial charge in [0.15, 0.2) is 0 Å². The summed E-state index contributed by atoms with van der Waals surface area (Å²) in [6.07, 6.45) is 1.25. The van der Waals surface area contributed by atoms with Gasteiger partial charge < -0.3 is 10.1 Å². The van der Waals surface area contributed by atoms with Crippen molar-refractivity contribution in [1.82, 2.24) is 9.62 Å². The van der Waals surface area contributed by atoms with E-state index < -0.39 is 10.0 Å². The molecular weight excluding hydrogens is 204 g/mol. The monoisotopic (exact) mass is 224 g/mol. The maximum atomic E-state index is 10.9. The minimum Gasteiger partial charge on any atom is -0.385 e. The van der Waals surface area contributed by atoms with E-state index in [1.54, 1.807) is 7.11 Å². The van der Waals surface area contributed by atoms with Crippen molar-refractivity contribution in [3.05, 3.63) is 0 Å². The Morgan fingerprint density at radius 2 is 1.79 bits per heavy atom. The Morgan fingerprint density at radius 3 is 2.00 bits per heavy atom. The predicted molar refractivity (Wildman–Crippen MR) is 56.8 cm³/mol. The van der Waals surface area contributed by atoms with Gasteiger partial charge in [0.25, 0.3) is 0 Å². The van der Waals surface area contributed by atoms with Crippen molar-refractivity contribution in [2.24, 2.45) is 0 Å². The Labute approximate surface area is 86.5 Å². The van der Waals surface area contributed by atoms with Crippen molar-refractivity contribution in [1.29, 1.82) is 0 Å². The number of piperazine rings is 1. The van der Waals surface area contributed by atoms with Gasteiger partial charge in [0.2, 0.25) is 10.0 Å². The smallest absolute Gasteiger partial charge is 0.211 e. The van der Waals surface area contributed by atoms with Gasteiger partial charge in [-0.2, -0.15) is 4.31 Å². The van der Waals surface area contributed by atoms with Gasteiger partial charge in [-0.3, -0.25) is 0 Å². The molecule has 1 saturated heterocycles. The second kappa shape index (κ2) is 7.17. The number of rotatable bonds is 2. The maximum Gasteiger partial charge on any atom is 0.211 e. The first-order chi connectivity index (χ1) is 6.52. The Morgan fingerprint density at radius 1 is 1.36 bits per heavy atom. The summed E-state index contributed by atoms with van der Waals surface area (Å²) >= 11 is 0. The number of ether oxygens (including phenoxy) is 1. The molecule has 0 aromatic heterocycles. The first-order valence-corrected chi connectivity index (χ1v) is 6.52. The fourth-order valence-electron chi connectivity index (χ4n) is 0.976. The van der Waals surface area contributed by atoms with Crippen LogP contribution in [0.2, 0.25) is 0 Å². The molecule has 0 atom stereocenters. The molecule has 1 aliphatic rings. The molecule has 14 heavy (non-hydrogen) atoms. The molecule has 1 N–H and O–H groups in total. The molecular formula is C8H20N2O3S. The van der Waals surface area contributed by atoms with Crippen LogP contribution < -0.4 is 5.32 Å². The lowest BCUT2D eigenvalue weighted by Gasteiger charge is -2.24. The van der Waals surface area contributed by atoms with Crippen LogP contribution >= 0.6 is 0 Å². The highest BCUT2D eigenvalue weighted by Crippen LogP contribution is 1.97. The highest BCUT2D eigenvalue weighted by Gasteiger charge is 2.17. The van der Waals surface area contributed by atoms with Gasteiger partial charge in [0, 0.05) is 39.9 Å². The quantitative estimate of drug-likeness (QED) is 0.687. The summed E-state index contributed by atoms with van der Waals surface area (Å²) in [7, 11) is -1.25. The zero-order chi connectivity index (χ0) is 11.0. The molecule has 1 aliphatic heterocycles. The van der Waals surface area contributed by atoms with Crippen molar-refractivity contribution >= 4 is 10.0 Å². The van der Waals surface area contributed by atoms with E-state index in [0.717, 1.165) is 19.7 Å². The van der Waals surface area contributed by atoms with Crippen LogP contribution in [0.4, 0.5) is 0 Å². The molecule has 0 radical (unpaired) electrons. The molecule has 0 bridgehead atoms. The van der Waals surface area contributed by atoms with Gasteiger partial charge in [-0.15, -0.1) is 0 Å². The average Bonchev–Trinajstić information content (AvgIpc) is 2.18. The lowest BCUT2D eigenvalue weighted by atomic mass is 10.4. The van der Waals surface area contributed by atoms with Gasteiger partial charge in [-0.1, -0.05) is 0 Å². The van der Waals surface area contributed by atoms with Crippen LogP contribution in [-0.2, 0) is 14.8 Å². The molecule has 1 fully saturated rings. The molecule has 86 valence electrons. The molecule has 0 aliphatic carbocycles. The van der Waals surface area contributed by atoms with E-state index in [2.05, 4.69) is 10.1 Å². The maximum absolute atomic E-state index is 10.9. The highest BCUT2D eigenvalue weighted by atomic mass is 32.2.